The first-order valence-corrected chi connectivity index (χ1v) is 6.38. The smallest absolute Gasteiger partial charge is 0.164 e. The first-order valence-electron chi connectivity index (χ1n) is 6.38. The van der Waals surface area contributed by atoms with Gasteiger partial charge in [0.2, 0.25) is 0 Å². The summed E-state index contributed by atoms with van der Waals surface area (Å²) in [6.07, 6.45) is 0.779. The van der Waals surface area contributed by atoms with Gasteiger partial charge in [0.05, 0.1) is 7.11 Å². The van der Waals surface area contributed by atoms with Crippen molar-refractivity contribution in [3.63, 3.8) is 0 Å². The maximum absolute atomic E-state index is 5.92. The molecule has 0 aliphatic rings. The largest absolute Gasteiger partial charge is 0.493 e. The molecule has 0 fully saturated rings. The van der Waals surface area contributed by atoms with Crippen molar-refractivity contribution in [3.8, 4) is 11.5 Å². The Morgan fingerprint density at radius 2 is 1.79 bits per heavy atom. The van der Waals surface area contributed by atoms with Crippen molar-refractivity contribution in [1.82, 2.24) is 0 Å². The van der Waals surface area contributed by atoms with Crippen LogP contribution in [0.2, 0.25) is 0 Å². The molecule has 0 radical (unpaired) electrons. The van der Waals surface area contributed by atoms with Crippen LogP contribution < -0.4 is 15.2 Å². The van der Waals surface area contributed by atoms with Gasteiger partial charge in [-0.05, 0) is 30.2 Å². The minimum atomic E-state index is 0.527. The lowest BCUT2D eigenvalue weighted by molar-refractivity contribution is 0.281. The van der Waals surface area contributed by atoms with Gasteiger partial charge in [-0.2, -0.15) is 0 Å². The minimum Gasteiger partial charge on any atom is -0.493 e. The fourth-order valence-electron chi connectivity index (χ4n) is 1.97. The molecular formula is C16H19NO2. The van der Waals surface area contributed by atoms with E-state index in [2.05, 4.69) is 0 Å². The van der Waals surface area contributed by atoms with E-state index in [0.29, 0.717) is 13.2 Å². The molecule has 0 heterocycles. The molecule has 0 amide bonds. The van der Waals surface area contributed by atoms with Crippen LogP contribution in [0.15, 0.2) is 48.5 Å². The third-order valence-electron chi connectivity index (χ3n) is 2.92. The van der Waals surface area contributed by atoms with E-state index in [9.17, 15) is 0 Å². The summed E-state index contributed by atoms with van der Waals surface area (Å²) in [5.74, 6) is 1.54. The molecule has 0 aliphatic heterocycles. The summed E-state index contributed by atoms with van der Waals surface area (Å²) >= 11 is 0. The Balaban J connectivity index is 2.17. The Morgan fingerprint density at radius 3 is 2.47 bits per heavy atom. The van der Waals surface area contributed by atoms with Gasteiger partial charge in [0, 0.05) is 0 Å². The summed E-state index contributed by atoms with van der Waals surface area (Å²) in [4.78, 5) is 0. The molecule has 0 saturated heterocycles. The summed E-state index contributed by atoms with van der Waals surface area (Å²) in [6.45, 7) is 1.12. The van der Waals surface area contributed by atoms with Crippen molar-refractivity contribution in [3.05, 3.63) is 59.7 Å². The number of nitrogens with two attached hydrogens (primary N) is 1. The molecule has 0 saturated carbocycles. The molecule has 0 atom stereocenters. The van der Waals surface area contributed by atoms with Crippen molar-refractivity contribution < 1.29 is 9.47 Å². The van der Waals surface area contributed by atoms with Gasteiger partial charge < -0.3 is 15.2 Å². The van der Waals surface area contributed by atoms with Crippen LogP contribution >= 0.6 is 0 Å². The Labute approximate surface area is 114 Å². The normalized spacial score (nSPS) is 10.2. The van der Waals surface area contributed by atoms with Gasteiger partial charge in [0.15, 0.2) is 11.5 Å². The van der Waals surface area contributed by atoms with E-state index >= 15 is 0 Å². The van der Waals surface area contributed by atoms with Gasteiger partial charge in [-0.15, -0.1) is 0 Å². The topological polar surface area (TPSA) is 44.5 Å². The lowest BCUT2D eigenvalue weighted by Gasteiger charge is -2.14. The summed E-state index contributed by atoms with van der Waals surface area (Å²) in [6, 6.07) is 16.0. The first kappa shape index (κ1) is 13.4. The summed E-state index contributed by atoms with van der Waals surface area (Å²) in [5, 5.41) is 0. The highest BCUT2D eigenvalue weighted by Crippen LogP contribution is 2.31. The number of para-hydroxylation sites is 1. The third kappa shape index (κ3) is 3.48. The molecule has 19 heavy (non-hydrogen) atoms. The highest BCUT2D eigenvalue weighted by atomic mass is 16.5. The van der Waals surface area contributed by atoms with Crippen molar-refractivity contribution in [2.75, 3.05) is 13.7 Å². The maximum Gasteiger partial charge on any atom is 0.164 e. The second-order valence-corrected chi connectivity index (χ2v) is 4.26. The predicted octanol–water partition coefficient (Wildman–Crippen LogP) is 2.78. The van der Waals surface area contributed by atoms with Crippen LogP contribution in [-0.4, -0.2) is 13.7 Å². The zero-order chi connectivity index (χ0) is 13.5. The fourth-order valence-corrected chi connectivity index (χ4v) is 1.97. The Hall–Kier alpha value is -2.00. The van der Waals surface area contributed by atoms with Crippen LogP contribution in [0, 0.1) is 0 Å². The monoisotopic (exact) mass is 257 g/mol. The average Bonchev–Trinajstić information content (AvgIpc) is 2.47. The van der Waals surface area contributed by atoms with Crippen molar-refractivity contribution in [1.29, 1.82) is 0 Å². The van der Waals surface area contributed by atoms with Gasteiger partial charge in [-0.1, -0.05) is 42.5 Å². The zero-order valence-electron chi connectivity index (χ0n) is 11.1. The second-order valence-electron chi connectivity index (χ2n) is 4.26. The SMILES string of the molecule is COc1cccc(CCN)c1OCc1ccccc1. The van der Waals surface area contributed by atoms with Crippen molar-refractivity contribution in [2.45, 2.75) is 13.0 Å². The molecule has 0 bridgehead atoms. The number of ether oxygens (including phenoxy) is 2. The standard InChI is InChI=1S/C16H19NO2/c1-18-15-9-5-8-14(10-11-17)16(15)19-12-13-6-3-2-4-7-13/h2-9H,10-12,17H2,1H3. The number of hydrogen-bond donors (Lipinski definition) is 1. The van der Waals surface area contributed by atoms with Crippen LogP contribution in [-0.2, 0) is 13.0 Å². The third-order valence-corrected chi connectivity index (χ3v) is 2.92. The van der Waals surface area contributed by atoms with Gasteiger partial charge in [0.25, 0.3) is 0 Å². The average molecular weight is 257 g/mol. The lowest BCUT2D eigenvalue weighted by atomic mass is 10.1. The number of rotatable bonds is 6. The molecule has 0 aliphatic carbocycles. The Kier molecular flexibility index (Phi) is 4.81. The first-order chi connectivity index (χ1) is 9.35. The van der Waals surface area contributed by atoms with Crippen LogP contribution in [0.3, 0.4) is 0 Å². The molecule has 0 spiro atoms. The van der Waals surface area contributed by atoms with E-state index in [1.807, 2.05) is 48.5 Å². The number of benzene rings is 2. The predicted molar refractivity (Wildman–Crippen MR) is 76.5 cm³/mol. The number of methoxy groups -OCH3 is 1. The highest BCUT2D eigenvalue weighted by Gasteiger charge is 2.10. The number of hydrogen-bond acceptors (Lipinski definition) is 3. The molecule has 100 valence electrons. The van der Waals surface area contributed by atoms with Gasteiger partial charge in [0.1, 0.15) is 6.61 Å². The maximum atomic E-state index is 5.92. The summed E-state index contributed by atoms with van der Waals surface area (Å²) in [5.41, 5.74) is 7.84. The summed E-state index contributed by atoms with van der Waals surface area (Å²) < 4.78 is 11.3. The molecule has 3 nitrogen and oxygen atoms in total. The second kappa shape index (κ2) is 6.81. The zero-order valence-corrected chi connectivity index (χ0v) is 11.1. The van der Waals surface area contributed by atoms with Crippen LogP contribution in [0.5, 0.6) is 11.5 Å². The molecule has 2 aromatic rings. The van der Waals surface area contributed by atoms with Crippen molar-refractivity contribution >= 4 is 0 Å². The minimum absolute atomic E-state index is 0.527. The summed E-state index contributed by atoms with van der Waals surface area (Å²) in [7, 11) is 1.65. The van der Waals surface area contributed by atoms with E-state index < -0.39 is 0 Å². The fraction of sp³-hybridized carbons (Fsp3) is 0.250. The van der Waals surface area contributed by atoms with E-state index in [4.69, 9.17) is 15.2 Å². The molecular weight excluding hydrogens is 238 g/mol. The van der Waals surface area contributed by atoms with E-state index in [-0.39, 0.29) is 0 Å². The van der Waals surface area contributed by atoms with E-state index in [1.165, 1.54) is 0 Å². The van der Waals surface area contributed by atoms with Crippen LogP contribution in [0.25, 0.3) is 0 Å². The van der Waals surface area contributed by atoms with Crippen LogP contribution in [0.4, 0.5) is 0 Å². The van der Waals surface area contributed by atoms with Gasteiger partial charge in [-0.3, -0.25) is 0 Å². The lowest BCUT2D eigenvalue weighted by Crippen LogP contribution is -2.06. The molecule has 0 aromatic heterocycles. The highest BCUT2D eigenvalue weighted by molar-refractivity contribution is 5.46. The molecule has 2 rings (SSSR count). The van der Waals surface area contributed by atoms with Crippen LogP contribution in [0.1, 0.15) is 11.1 Å². The molecule has 2 aromatic carbocycles. The quantitative estimate of drug-likeness (QED) is 0.865. The van der Waals surface area contributed by atoms with Crippen molar-refractivity contribution in [2.24, 2.45) is 5.73 Å². The molecule has 2 N–H and O–H groups in total. The van der Waals surface area contributed by atoms with Gasteiger partial charge >= 0.3 is 0 Å². The Bertz CT molecular complexity index is 511. The molecule has 3 heteroatoms. The Morgan fingerprint density at radius 1 is 1.00 bits per heavy atom. The molecule has 0 unspecified atom stereocenters. The van der Waals surface area contributed by atoms with Gasteiger partial charge in [-0.25, -0.2) is 0 Å². The van der Waals surface area contributed by atoms with E-state index in [1.54, 1.807) is 7.11 Å². The van der Waals surface area contributed by atoms with E-state index in [0.717, 1.165) is 29.0 Å².